The zero-order chi connectivity index (χ0) is 13.4. The summed E-state index contributed by atoms with van der Waals surface area (Å²) >= 11 is 0. The maximum absolute atomic E-state index is 12.6. The first-order valence-corrected chi connectivity index (χ1v) is 6.79. The Morgan fingerprint density at radius 3 is 2.56 bits per heavy atom. The van der Waals surface area contributed by atoms with Gasteiger partial charge in [-0.15, -0.1) is 0 Å². The van der Waals surface area contributed by atoms with Crippen molar-refractivity contribution in [2.24, 2.45) is 5.41 Å². The Morgan fingerprint density at radius 1 is 1.33 bits per heavy atom. The molecule has 0 aliphatic heterocycles. The molecule has 1 fully saturated rings. The first-order valence-electron chi connectivity index (χ1n) is 6.79. The molecular formula is C14H24N2O2. The third-order valence-electron chi connectivity index (χ3n) is 3.82. The Labute approximate surface area is 110 Å². The van der Waals surface area contributed by atoms with E-state index in [1.165, 1.54) is 6.42 Å². The fourth-order valence-corrected chi connectivity index (χ4v) is 2.63. The summed E-state index contributed by atoms with van der Waals surface area (Å²) in [7, 11) is 1.63. The van der Waals surface area contributed by atoms with Gasteiger partial charge in [0.2, 0.25) is 5.91 Å². The summed E-state index contributed by atoms with van der Waals surface area (Å²) in [5.41, 5.74) is -0.221. The molecule has 0 bridgehead atoms. The Hall–Kier alpha value is -1.08. The SMILES string of the molecule is COCCN(CCC#N)C(=O)C1(C)CCCCC1. The molecule has 0 spiro atoms. The molecule has 0 radical (unpaired) electrons. The van der Waals surface area contributed by atoms with Crippen LogP contribution >= 0.6 is 0 Å². The van der Waals surface area contributed by atoms with Crippen LogP contribution in [0.25, 0.3) is 0 Å². The molecule has 4 heteroatoms. The monoisotopic (exact) mass is 252 g/mol. The predicted molar refractivity (Wildman–Crippen MR) is 69.9 cm³/mol. The highest BCUT2D eigenvalue weighted by Gasteiger charge is 2.37. The number of carbonyl (C=O) groups is 1. The van der Waals surface area contributed by atoms with Crippen LogP contribution < -0.4 is 0 Å². The van der Waals surface area contributed by atoms with Crippen molar-refractivity contribution in [1.82, 2.24) is 4.90 Å². The fourth-order valence-electron chi connectivity index (χ4n) is 2.63. The minimum atomic E-state index is -0.221. The first-order chi connectivity index (χ1) is 8.64. The largest absolute Gasteiger partial charge is 0.383 e. The van der Waals surface area contributed by atoms with Gasteiger partial charge in [-0.1, -0.05) is 26.2 Å². The van der Waals surface area contributed by atoms with E-state index in [1.54, 1.807) is 12.0 Å². The molecule has 0 N–H and O–H groups in total. The lowest BCUT2D eigenvalue weighted by Crippen LogP contribution is -2.45. The summed E-state index contributed by atoms with van der Waals surface area (Å²) in [5.74, 6) is 0.203. The van der Waals surface area contributed by atoms with Crippen molar-refractivity contribution in [2.75, 3.05) is 26.8 Å². The lowest BCUT2D eigenvalue weighted by Gasteiger charge is -2.37. The van der Waals surface area contributed by atoms with Gasteiger partial charge in [0.25, 0.3) is 0 Å². The summed E-state index contributed by atoms with van der Waals surface area (Å²) in [4.78, 5) is 14.4. The van der Waals surface area contributed by atoms with Crippen molar-refractivity contribution in [2.45, 2.75) is 45.4 Å². The third-order valence-corrected chi connectivity index (χ3v) is 3.82. The standard InChI is InChI=1S/C14H24N2O2/c1-14(7-4-3-5-8-14)13(17)16(10-6-9-15)11-12-18-2/h3-8,10-12H2,1-2H3. The van der Waals surface area contributed by atoms with E-state index in [0.29, 0.717) is 26.1 Å². The number of nitrogens with zero attached hydrogens (tertiary/aromatic N) is 2. The number of hydrogen-bond donors (Lipinski definition) is 0. The highest BCUT2D eigenvalue weighted by atomic mass is 16.5. The van der Waals surface area contributed by atoms with E-state index in [9.17, 15) is 4.79 Å². The van der Waals surface area contributed by atoms with Crippen LogP contribution in [0.2, 0.25) is 0 Å². The van der Waals surface area contributed by atoms with Crippen molar-refractivity contribution < 1.29 is 9.53 Å². The summed E-state index contributed by atoms with van der Waals surface area (Å²) in [6.45, 7) is 3.72. The van der Waals surface area contributed by atoms with Crippen LogP contribution in [-0.4, -0.2) is 37.6 Å². The van der Waals surface area contributed by atoms with E-state index in [4.69, 9.17) is 10.00 Å². The molecule has 1 aliphatic carbocycles. The molecule has 1 rings (SSSR count). The molecule has 0 atom stereocenters. The fraction of sp³-hybridized carbons (Fsp3) is 0.857. The Kier molecular flexibility index (Phi) is 6.14. The normalized spacial score (nSPS) is 18.1. The van der Waals surface area contributed by atoms with Gasteiger partial charge in [0.15, 0.2) is 0 Å². The number of amides is 1. The van der Waals surface area contributed by atoms with Crippen LogP contribution in [0.3, 0.4) is 0 Å². The highest BCUT2D eigenvalue weighted by Crippen LogP contribution is 2.37. The minimum absolute atomic E-state index is 0.203. The molecule has 0 aromatic carbocycles. The number of hydrogen-bond acceptors (Lipinski definition) is 3. The van der Waals surface area contributed by atoms with E-state index in [0.717, 1.165) is 25.7 Å². The maximum Gasteiger partial charge on any atom is 0.228 e. The smallest absolute Gasteiger partial charge is 0.228 e. The lowest BCUT2D eigenvalue weighted by atomic mass is 9.74. The molecule has 102 valence electrons. The van der Waals surface area contributed by atoms with Gasteiger partial charge in [-0.2, -0.15) is 5.26 Å². The van der Waals surface area contributed by atoms with Crippen LogP contribution in [0.15, 0.2) is 0 Å². The molecule has 4 nitrogen and oxygen atoms in total. The third kappa shape index (κ3) is 3.99. The maximum atomic E-state index is 12.6. The van der Waals surface area contributed by atoms with Crippen LogP contribution in [-0.2, 0) is 9.53 Å². The number of ether oxygens (including phenoxy) is 1. The van der Waals surface area contributed by atoms with E-state index in [1.807, 2.05) is 0 Å². The molecule has 0 saturated heterocycles. The van der Waals surface area contributed by atoms with Gasteiger partial charge < -0.3 is 9.64 Å². The van der Waals surface area contributed by atoms with E-state index in [2.05, 4.69) is 13.0 Å². The van der Waals surface area contributed by atoms with Crippen LogP contribution in [0.1, 0.15) is 45.4 Å². The number of carbonyl (C=O) groups excluding carboxylic acids is 1. The van der Waals surface area contributed by atoms with Gasteiger partial charge >= 0.3 is 0 Å². The van der Waals surface area contributed by atoms with E-state index >= 15 is 0 Å². The molecule has 0 aromatic rings. The second-order valence-corrected chi connectivity index (χ2v) is 5.31. The Morgan fingerprint density at radius 2 is 2.00 bits per heavy atom. The molecule has 0 aromatic heterocycles. The Balaban J connectivity index is 2.64. The number of methoxy groups -OCH3 is 1. The minimum Gasteiger partial charge on any atom is -0.383 e. The average Bonchev–Trinajstić information content (AvgIpc) is 2.39. The number of nitriles is 1. The van der Waals surface area contributed by atoms with Crippen molar-refractivity contribution in [3.63, 3.8) is 0 Å². The summed E-state index contributed by atoms with van der Waals surface area (Å²) in [5, 5.41) is 8.68. The predicted octanol–water partition coefficient (Wildman–Crippen LogP) is 2.35. The molecule has 0 heterocycles. The molecule has 1 aliphatic rings. The molecule has 18 heavy (non-hydrogen) atoms. The van der Waals surface area contributed by atoms with Crippen molar-refractivity contribution in [3.05, 3.63) is 0 Å². The van der Waals surface area contributed by atoms with Gasteiger partial charge in [0.1, 0.15) is 0 Å². The summed E-state index contributed by atoms with van der Waals surface area (Å²) in [6, 6.07) is 2.11. The first kappa shape index (κ1) is 15.0. The van der Waals surface area contributed by atoms with Gasteiger partial charge in [-0.3, -0.25) is 4.79 Å². The van der Waals surface area contributed by atoms with Gasteiger partial charge in [0, 0.05) is 25.6 Å². The summed E-state index contributed by atoms with van der Waals surface area (Å²) in [6.07, 6.45) is 5.85. The number of rotatable bonds is 6. The van der Waals surface area contributed by atoms with Crippen LogP contribution in [0, 0.1) is 16.7 Å². The van der Waals surface area contributed by atoms with E-state index in [-0.39, 0.29) is 11.3 Å². The molecule has 1 amide bonds. The van der Waals surface area contributed by atoms with Gasteiger partial charge in [-0.25, -0.2) is 0 Å². The van der Waals surface area contributed by atoms with Gasteiger partial charge in [-0.05, 0) is 12.8 Å². The summed E-state index contributed by atoms with van der Waals surface area (Å²) < 4.78 is 5.05. The molecule has 0 unspecified atom stereocenters. The van der Waals surface area contributed by atoms with E-state index < -0.39 is 0 Å². The average molecular weight is 252 g/mol. The topological polar surface area (TPSA) is 53.3 Å². The quantitative estimate of drug-likeness (QED) is 0.729. The second kappa shape index (κ2) is 7.38. The van der Waals surface area contributed by atoms with Crippen molar-refractivity contribution in [3.8, 4) is 6.07 Å². The zero-order valence-electron chi connectivity index (χ0n) is 11.6. The Bertz CT molecular complexity index is 303. The molecule has 1 saturated carbocycles. The molecular weight excluding hydrogens is 228 g/mol. The zero-order valence-corrected chi connectivity index (χ0v) is 11.6. The van der Waals surface area contributed by atoms with Crippen molar-refractivity contribution in [1.29, 1.82) is 5.26 Å². The highest BCUT2D eigenvalue weighted by molar-refractivity contribution is 5.82. The lowest BCUT2D eigenvalue weighted by molar-refractivity contribution is -0.143. The van der Waals surface area contributed by atoms with Gasteiger partial charge in [0.05, 0.1) is 19.1 Å². The van der Waals surface area contributed by atoms with Crippen LogP contribution in [0.4, 0.5) is 0 Å². The second-order valence-electron chi connectivity index (χ2n) is 5.31. The van der Waals surface area contributed by atoms with Crippen molar-refractivity contribution >= 4 is 5.91 Å². The van der Waals surface area contributed by atoms with Crippen LogP contribution in [0.5, 0.6) is 0 Å².